The zero-order valence-electron chi connectivity index (χ0n) is 14.0. The number of nitrogens with zero attached hydrogens (tertiary/aromatic N) is 2. The van der Waals surface area contributed by atoms with Crippen molar-refractivity contribution < 1.29 is 9.59 Å². The van der Waals surface area contributed by atoms with Crippen molar-refractivity contribution in [1.29, 1.82) is 0 Å². The van der Waals surface area contributed by atoms with Gasteiger partial charge in [-0.05, 0) is 11.0 Å². The van der Waals surface area contributed by atoms with Crippen molar-refractivity contribution in [3.05, 3.63) is 18.0 Å². The standard InChI is InChI=1S/C15H25N5O2.ClH/c1-15(2,3)12(13(16)21)19-14(22)11-7-17-6-10(11)9-5-18-20(4)8-9;/h5,8,10-12,17H,6-7H2,1-4H3,(H2,16,21)(H,19,22);1H/t10-,11+,12?;/m1./s1. The van der Waals surface area contributed by atoms with Crippen molar-refractivity contribution in [2.45, 2.75) is 32.7 Å². The number of nitrogens with one attached hydrogen (secondary N) is 2. The van der Waals surface area contributed by atoms with Crippen LogP contribution < -0.4 is 16.4 Å². The Balaban J connectivity index is 0.00000264. The van der Waals surface area contributed by atoms with E-state index in [1.807, 2.05) is 34.0 Å². The Morgan fingerprint density at radius 2 is 2.09 bits per heavy atom. The van der Waals surface area contributed by atoms with E-state index in [4.69, 9.17) is 5.73 Å². The Morgan fingerprint density at radius 3 is 2.57 bits per heavy atom. The largest absolute Gasteiger partial charge is 0.368 e. The first kappa shape index (κ1) is 19.4. The van der Waals surface area contributed by atoms with Gasteiger partial charge in [0, 0.05) is 32.3 Å². The second kappa shape index (κ2) is 7.31. The van der Waals surface area contributed by atoms with Crippen LogP contribution in [0.2, 0.25) is 0 Å². The summed E-state index contributed by atoms with van der Waals surface area (Å²) in [5.41, 5.74) is 6.04. The number of carbonyl (C=O) groups is 2. The van der Waals surface area contributed by atoms with Crippen LogP contribution >= 0.6 is 12.4 Å². The molecule has 0 aliphatic carbocycles. The van der Waals surface area contributed by atoms with Gasteiger partial charge in [0.05, 0.1) is 12.1 Å². The average Bonchev–Trinajstić information content (AvgIpc) is 3.01. The molecule has 0 saturated carbocycles. The van der Waals surface area contributed by atoms with E-state index >= 15 is 0 Å². The van der Waals surface area contributed by atoms with E-state index in [1.165, 1.54) is 0 Å². The summed E-state index contributed by atoms with van der Waals surface area (Å²) in [7, 11) is 1.85. The lowest BCUT2D eigenvalue weighted by Gasteiger charge is -2.30. The fraction of sp³-hybridized carbons (Fsp3) is 0.667. The van der Waals surface area contributed by atoms with Gasteiger partial charge in [-0.1, -0.05) is 20.8 Å². The third-order valence-electron chi connectivity index (χ3n) is 4.14. The first-order valence-corrected chi connectivity index (χ1v) is 7.49. The smallest absolute Gasteiger partial charge is 0.240 e. The highest BCUT2D eigenvalue weighted by molar-refractivity contribution is 5.88. The summed E-state index contributed by atoms with van der Waals surface area (Å²) in [6, 6.07) is -0.685. The van der Waals surface area contributed by atoms with Crippen molar-refractivity contribution >= 4 is 24.2 Å². The molecule has 2 amide bonds. The molecule has 1 aromatic rings. The molecule has 130 valence electrons. The molecule has 0 spiro atoms. The van der Waals surface area contributed by atoms with E-state index in [0.717, 1.165) is 12.1 Å². The Kier molecular flexibility index (Phi) is 6.18. The average molecular weight is 344 g/mol. The molecule has 1 saturated heterocycles. The number of halogens is 1. The summed E-state index contributed by atoms with van der Waals surface area (Å²) in [5.74, 6) is -0.821. The Hall–Kier alpha value is -1.60. The van der Waals surface area contributed by atoms with Crippen LogP contribution in [0.15, 0.2) is 12.4 Å². The Bertz CT molecular complexity index is 566. The topological polar surface area (TPSA) is 102 Å². The van der Waals surface area contributed by atoms with Crippen LogP contribution in [0.5, 0.6) is 0 Å². The maximum absolute atomic E-state index is 12.6. The summed E-state index contributed by atoms with van der Waals surface area (Å²) < 4.78 is 1.73. The minimum atomic E-state index is -0.685. The van der Waals surface area contributed by atoms with Gasteiger partial charge >= 0.3 is 0 Å². The molecular formula is C15H26ClN5O2. The number of hydrogen-bond donors (Lipinski definition) is 3. The van der Waals surface area contributed by atoms with Gasteiger partial charge < -0.3 is 16.4 Å². The highest BCUT2D eigenvalue weighted by atomic mass is 35.5. The van der Waals surface area contributed by atoms with Crippen LogP contribution in [0, 0.1) is 11.3 Å². The van der Waals surface area contributed by atoms with Crippen LogP contribution in [-0.2, 0) is 16.6 Å². The van der Waals surface area contributed by atoms with Crippen LogP contribution in [0.1, 0.15) is 32.3 Å². The fourth-order valence-electron chi connectivity index (χ4n) is 2.90. The SMILES string of the molecule is Cl.Cn1cc([C@H]2CNC[C@@H]2C(=O)NC(C(N)=O)C(C)(C)C)cn1. The number of nitrogens with two attached hydrogens (primary N) is 1. The minimum absolute atomic E-state index is 0. The predicted molar refractivity (Wildman–Crippen MR) is 90.1 cm³/mol. The lowest BCUT2D eigenvalue weighted by atomic mass is 9.84. The molecule has 2 heterocycles. The third kappa shape index (κ3) is 4.45. The second-order valence-electron chi connectivity index (χ2n) is 7.03. The normalized spacial score (nSPS) is 22.3. The number of aromatic nitrogens is 2. The van der Waals surface area contributed by atoms with Crippen molar-refractivity contribution in [1.82, 2.24) is 20.4 Å². The molecule has 0 bridgehead atoms. The van der Waals surface area contributed by atoms with E-state index in [-0.39, 0.29) is 30.2 Å². The second-order valence-corrected chi connectivity index (χ2v) is 7.03. The summed E-state index contributed by atoms with van der Waals surface area (Å²) >= 11 is 0. The van der Waals surface area contributed by atoms with E-state index in [1.54, 1.807) is 10.9 Å². The number of amides is 2. The number of hydrogen-bond acceptors (Lipinski definition) is 4. The first-order chi connectivity index (χ1) is 10.2. The maximum Gasteiger partial charge on any atom is 0.240 e. The molecule has 0 radical (unpaired) electrons. The van der Waals surface area contributed by atoms with Crippen LogP contribution in [0.25, 0.3) is 0 Å². The zero-order valence-corrected chi connectivity index (χ0v) is 14.8. The fourth-order valence-corrected chi connectivity index (χ4v) is 2.90. The molecule has 8 heteroatoms. The molecule has 1 aliphatic rings. The molecule has 2 rings (SSSR count). The van der Waals surface area contributed by atoms with Crippen LogP contribution in [0.3, 0.4) is 0 Å². The van der Waals surface area contributed by atoms with Gasteiger partial charge in [-0.25, -0.2) is 0 Å². The van der Waals surface area contributed by atoms with Crippen molar-refractivity contribution in [3.8, 4) is 0 Å². The van der Waals surface area contributed by atoms with Gasteiger partial charge in [0.2, 0.25) is 11.8 Å². The Labute approximate surface area is 142 Å². The molecule has 4 N–H and O–H groups in total. The maximum atomic E-state index is 12.6. The van der Waals surface area contributed by atoms with Gasteiger partial charge in [0.15, 0.2) is 0 Å². The summed E-state index contributed by atoms with van der Waals surface area (Å²) in [6.45, 7) is 6.96. The molecule has 23 heavy (non-hydrogen) atoms. The molecular weight excluding hydrogens is 318 g/mol. The van der Waals surface area contributed by atoms with Gasteiger partial charge in [-0.15, -0.1) is 12.4 Å². The molecule has 3 atom stereocenters. The van der Waals surface area contributed by atoms with E-state index in [0.29, 0.717) is 6.54 Å². The van der Waals surface area contributed by atoms with Crippen molar-refractivity contribution in [2.75, 3.05) is 13.1 Å². The van der Waals surface area contributed by atoms with E-state index < -0.39 is 17.4 Å². The molecule has 1 aliphatic heterocycles. The number of carbonyl (C=O) groups excluding carboxylic acids is 2. The molecule has 0 aromatic carbocycles. The monoisotopic (exact) mass is 343 g/mol. The quantitative estimate of drug-likeness (QED) is 0.724. The molecule has 1 aromatic heterocycles. The van der Waals surface area contributed by atoms with Crippen LogP contribution in [-0.4, -0.2) is 40.7 Å². The predicted octanol–water partition coefficient (Wildman–Crippen LogP) is 0.161. The Morgan fingerprint density at radius 1 is 1.43 bits per heavy atom. The molecule has 7 nitrogen and oxygen atoms in total. The molecule has 1 fully saturated rings. The van der Waals surface area contributed by atoms with Gasteiger partial charge in [0.1, 0.15) is 6.04 Å². The number of primary amides is 1. The van der Waals surface area contributed by atoms with E-state index in [2.05, 4.69) is 15.7 Å². The third-order valence-corrected chi connectivity index (χ3v) is 4.14. The van der Waals surface area contributed by atoms with Gasteiger partial charge in [-0.3, -0.25) is 14.3 Å². The number of rotatable bonds is 4. The highest BCUT2D eigenvalue weighted by Gasteiger charge is 2.38. The van der Waals surface area contributed by atoms with Gasteiger partial charge in [-0.2, -0.15) is 5.10 Å². The summed E-state index contributed by atoms with van der Waals surface area (Å²) in [5, 5.41) is 10.2. The van der Waals surface area contributed by atoms with Crippen LogP contribution in [0.4, 0.5) is 0 Å². The molecule has 1 unspecified atom stereocenters. The first-order valence-electron chi connectivity index (χ1n) is 7.49. The minimum Gasteiger partial charge on any atom is -0.368 e. The highest BCUT2D eigenvalue weighted by Crippen LogP contribution is 2.29. The van der Waals surface area contributed by atoms with E-state index in [9.17, 15) is 9.59 Å². The lowest BCUT2D eigenvalue weighted by molar-refractivity contribution is -0.132. The lowest BCUT2D eigenvalue weighted by Crippen LogP contribution is -2.54. The van der Waals surface area contributed by atoms with Crippen molar-refractivity contribution in [2.24, 2.45) is 24.1 Å². The summed E-state index contributed by atoms with van der Waals surface area (Å²) in [6.07, 6.45) is 3.71. The zero-order chi connectivity index (χ0) is 16.5. The summed E-state index contributed by atoms with van der Waals surface area (Å²) in [4.78, 5) is 24.2. The number of aryl methyl sites for hydroxylation is 1. The van der Waals surface area contributed by atoms with Crippen molar-refractivity contribution in [3.63, 3.8) is 0 Å². The van der Waals surface area contributed by atoms with Gasteiger partial charge in [0.25, 0.3) is 0 Å².